The highest BCUT2D eigenvalue weighted by molar-refractivity contribution is 7.95. The maximum absolute atomic E-state index is 11.1. The van der Waals surface area contributed by atoms with Gasteiger partial charge in [-0.2, -0.15) is 5.10 Å². The zero-order valence-electron chi connectivity index (χ0n) is 7.92. The molecule has 0 unspecified atom stereocenters. The minimum absolute atomic E-state index is 0.0210. The molecule has 5 heteroatoms. The fourth-order valence-corrected chi connectivity index (χ4v) is 2.24. The van der Waals surface area contributed by atoms with Gasteiger partial charge in [0.25, 0.3) is 0 Å². The van der Waals surface area contributed by atoms with E-state index in [2.05, 4.69) is 10.5 Å². The summed E-state index contributed by atoms with van der Waals surface area (Å²) in [5.41, 5.74) is 4.16. The molecule has 0 atom stereocenters. The van der Waals surface area contributed by atoms with Crippen molar-refractivity contribution < 1.29 is 8.42 Å². The van der Waals surface area contributed by atoms with Gasteiger partial charge in [-0.25, -0.2) is 8.42 Å². The number of hydrogen-bond donors (Lipinski definition) is 1. The first kappa shape index (κ1) is 9.92. The van der Waals surface area contributed by atoms with Crippen molar-refractivity contribution >= 4 is 21.2 Å². The number of sulfone groups is 1. The lowest BCUT2D eigenvalue weighted by atomic mass is 10.3. The van der Waals surface area contributed by atoms with E-state index in [0.717, 1.165) is 5.69 Å². The van der Waals surface area contributed by atoms with E-state index in [1.807, 2.05) is 30.3 Å². The number of hydrazone groups is 1. The summed E-state index contributed by atoms with van der Waals surface area (Å²) in [6.07, 6.45) is 1.51. The topological polar surface area (TPSA) is 58.5 Å². The van der Waals surface area contributed by atoms with Gasteiger partial charge in [0.05, 0.1) is 17.2 Å². The van der Waals surface area contributed by atoms with Crippen LogP contribution in [0.2, 0.25) is 0 Å². The van der Waals surface area contributed by atoms with Crippen molar-refractivity contribution in [1.29, 1.82) is 0 Å². The van der Waals surface area contributed by atoms with Gasteiger partial charge in [-0.05, 0) is 18.2 Å². The number of nitrogens with zero attached hydrogens (tertiary/aromatic N) is 1. The second-order valence-electron chi connectivity index (χ2n) is 3.19. The summed E-state index contributed by atoms with van der Waals surface area (Å²) in [4.78, 5) is 0. The lowest BCUT2D eigenvalue weighted by Gasteiger charge is -1.99. The zero-order chi connectivity index (χ0) is 10.7. The van der Waals surface area contributed by atoms with Crippen LogP contribution in [0.1, 0.15) is 0 Å². The normalized spacial score (nSPS) is 20.7. The molecular formula is C10H10N2O2S. The second kappa shape index (κ2) is 3.86. The van der Waals surface area contributed by atoms with Crippen molar-refractivity contribution in [3.63, 3.8) is 0 Å². The fourth-order valence-electron chi connectivity index (χ4n) is 1.20. The molecule has 15 heavy (non-hydrogen) atoms. The molecule has 1 aromatic rings. The Morgan fingerprint density at radius 3 is 2.53 bits per heavy atom. The maximum Gasteiger partial charge on any atom is 0.177 e. The Kier molecular flexibility index (Phi) is 2.55. The summed E-state index contributed by atoms with van der Waals surface area (Å²) in [6.45, 7) is 0. The third kappa shape index (κ3) is 2.66. The van der Waals surface area contributed by atoms with E-state index in [1.54, 1.807) is 0 Å². The van der Waals surface area contributed by atoms with Crippen molar-refractivity contribution in [3.05, 3.63) is 41.8 Å². The van der Waals surface area contributed by atoms with Gasteiger partial charge in [-0.1, -0.05) is 18.2 Å². The van der Waals surface area contributed by atoms with E-state index in [9.17, 15) is 8.42 Å². The van der Waals surface area contributed by atoms with Gasteiger partial charge in [0.2, 0.25) is 0 Å². The number of allylic oxidation sites excluding steroid dienone is 1. The highest BCUT2D eigenvalue weighted by Gasteiger charge is 2.16. The molecule has 4 nitrogen and oxygen atoms in total. The van der Waals surface area contributed by atoms with Crippen LogP contribution in [0.5, 0.6) is 0 Å². The van der Waals surface area contributed by atoms with Gasteiger partial charge in [0, 0.05) is 5.41 Å². The van der Waals surface area contributed by atoms with E-state index < -0.39 is 9.84 Å². The zero-order valence-corrected chi connectivity index (χ0v) is 8.74. The molecule has 1 N–H and O–H groups in total. The lowest BCUT2D eigenvalue weighted by Crippen LogP contribution is -2.06. The molecular weight excluding hydrogens is 212 g/mol. The average molecular weight is 222 g/mol. The van der Waals surface area contributed by atoms with Gasteiger partial charge in [-0.3, -0.25) is 5.43 Å². The molecule has 0 saturated carbocycles. The van der Waals surface area contributed by atoms with Crippen LogP contribution in [-0.2, 0) is 9.84 Å². The molecule has 0 fully saturated rings. The van der Waals surface area contributed by atoms with Crippen LogP contribution in [-0.4, -0.2) is 19.9 Å². The Balaban J connectivity index is 2.06. The van der Waals surface area contributed by atoms with E-state index in [1.165, 1.54) is 11.5 Å². The van der Waals surface area contributed by atoms with E-state index in [0.29, 0.717) is 5.71 Å². The largest absolute Gasteiger partial charge is 0.278 e. The second-order valence-corrected chi connectivity index (χ2v) is 5.08. The lowest BCUT2D eigenvalue weighted by molar-refractivity contribution is 0.609. The molecule has 1 heterocycles. The van der Waals surface area contributed by atoms with Gasteiger partial charge in [0.15, 0.2) is 9.84 Å². The van der Waals surface area contributed by atoms with E-state index in [-0.39, 0.29) is 5.75 Å². The molecule has 0 amide bonds. The molecule has 0 saturated heterocycles. The van der Waals surface area contributed by atoms with Gasteiger partial charge in [0.1, 0.15) is 0 Å². The maximum atomic E-state index is 11.1. The smallest absolute Gasteiger partial charge is 0.177 e. The summed E-state index contributed by atoms with van der Waals surface area (Å²) >= 11 is 0. The van der Waals surface area contributed by atoms with Gasteiger partial charge in [-0.15, -0.1) is 0 Å². The van der Waals surface area contributed by atoms with Crippen LogP contribution in [0.3, 0.4) is 0 Å². The monoisotopic (exact) mass is 222 g/mol. The van der Waals surface area contributed by atoms with Gasteiger partial charge < -0.3 is 0 Å². The average Bonchev–Trinajstić information content (AvgIpc) is 2.57. The summed E-state index contributed by atoms with van der Waals surface area (Å²) in [5.74, 6) is -0.0210. The van der Waals surface area contributed by atoms with Crippen molar-refractivity contribution in [2.24, 2.45) is 5.10 Å². The summed E-state index contributed by atoms with van der Waals surface area (Å²) in [7, 11) is -3.05. The Morgan fingerprint density at radius 2 is 1.93 bits per heavy atom. The van der Waals surface area contributed by atoms with Gasteiger partial charge >= 0.3 is 0 Å². The highest BCUT2D eigenvalue weighted by Crippen LogP contribution is 2.08. The quantitative estimate of drug-likeness (QED) is 0.769. The van der Waals surface area contributed by atoms with Crippen molar-refractivity contribution in [2.75, 3.05) is 11.2 Å². The van der Waals surface area contributed by atoms with Crippen LogP contribution in [0.15, 0.2) is 46.9 Å². The minimum atomic E-state index is -3.05. The van der Waals surface area contributed by atoms with E-state index in [4.69, 9.17) is 0 Å². The first-order chi connectivity index (χ1) is 7.16. The van der Waals surface area contributed by atoms with Crippen molar-refractivity contribution in [1.82, 2.24) is 0 Å². The summed E-state index contributed by atoms with van der Waals surface area (Å²) < 4.78 is 22.1. The fraction of sp³-hybridized carbons (Fsp3) is 0.100. The molecule has 1 aliphatic heterocycles. The molecule has 1 aromatic carbocycles. The van der Waals surface area contributed by atoms with E-state index >= 15 is 0 Å². The standard InChI is InChI=1S/C10H10N2O2S/c13-15(14)7-6-10(8-15)12-11-9-4-2-1-3-5-9/h1-7,11H,8H2/b12-10+. The molecule has 0 aromatic heterocycles. The predicted octanol–water partition coefficient (Wildman–Crippen LogP) is 1.40. The Hall–Kier alpha value is -1.62. The molecule has 78 valence electrons. The number of benzene rings is 1. The van der Waals surface area contributed by atoms with Crippen LogP contribution in [0.4, 0.5) is 5.69 Å². The Morgan fingerprint density at radius 1 is 1.20 bits per heavy atom. The highest BCUT2D eigenvalue weighted by atomic mass is 32.2. The Labute approximate surface area is 88.2 Å². The first-order valence-corrected chi connectivity index (χ1v) is 6.16. The molecule has 0 bridgehead atoms. The predicted molar refractivity (Wildman–Crippen MR) is 60.4 cm³/mol. The third-order valence-corrected chi connectivity index (χ3v) is 3.17. The Bertz CT molecular complexity index is 503. The number of anilines is 1. The molecule has 0 aliphatic carbocycles. The first-order valence-electron chi connectivity index (χ1n) is 4.44. The van der Waals surface area contributed by atoms with Crippen molar-refractivity contribution in [3.8, 4) is 0 Å². The number of rotatable bonds is 2. The van der Waals surface area contributed by atoms with Crippen LogP contribution >= 0.6 is 0 Å². The summed E-state index contributed by atoms with van der Waals surface area (Å²) in [5, 5.41) is 5.17. The molecule has 0 spiro atoms. The number of nitrogens with one attached hydrogen (secondary N) is 1. The van der Waals surface area contributed by atoms with Crippen LogP contribution < -0.4 is 5.43 Å². The molecule has 1 aliphatic rings. The number of para-hydroxylation sites is 1. The SMILES string of the molecule is O=S1(=O)C=C/C(=N\Nc2ccccc2)C1. The summed E-state index contributed by atoms with van der Waals surface area (Å²) in [6, 6.07) is 9.38. The molecule has 2 rings (SSSR count). The van der Waals surface area contributed by atoms with Crippen LogP contribution in [0.25, 0.3) is 0 Å². The minimum Gasteiger partial charge on any atom is -0.278 e. The molecule has 0 radical (unpaired) electrons. The van der Waals surface area contributed by atoms with Crippen LogP contribution in [0, 0.1) is 0 Å². The number of hydrogen-bond acceptors (Lipinski definition) is 4. The third-order valence-electron chi connectivity index (χ3n) is 1.92. The van der Waals surface area contributed by atoms with Crippen molar-refractivity contribution in [2.45, 2.75) is 0 Å².